The zero-order chi connectivity index (χ0) is 28.0. The van der Waals surface area contributed by atoms with Crippen molar-refractivity contribution in [2.75, 3.05) is 25.1 Å². The summed E-state index contributed by atoms with van der Waals surface area (Å²) in [6.45, 7) is 6.08. The van der Waals surface area contributed by atoms with Crippen molar-refractivity contribution in [2.24, 2.45) is 0 Å². The van der Waals surface area contributed by atoms with E-state index >= 15 is 0 Å². The number of pyridine rings is 1. The van der Waals surface area contributed by atoms with Gasteiger partial charge in [-0.15, -0.1) is 11.3 Å². The molecule has 0 fully saturated rings. The van der Waals surface area contributed by atoms with E-state index in [-0.39, 0.29) is 42.3 Å². The molecule has 6 nitrogen and oxygen atoms in total. The van der Waals surface area contributed by atoms with Crippen LogP contribution in [0, 0.1) is 0 Å². The zero-order valence-electron chi connectivity index (χ0n) is 25.4. The second-order valence-electron chi connectivity index (χ2n) is 10.2. The van der Waals surface area contributed by atoms with Gasteiger partial charge in [0.15, 0.2) is 6.29 Å². The predicted octanol–water partition coefficient (Wildman–Crippen LogP) is 4.81. The normalized spacial score (nSPS) is 11.5. The molecule has 8 heteroatoms. The summed E-state index contributed by atoms with van der Waals surface area (Å²) in [5, 5.41) is 16.0. The summed E-state index contributed by atoms with van der Waals surface area (Å²) in [6, 6.07) is 4.36. The number of fused-ring (bicyclic) bond motifs is 1. The Bertz CT molecular complexity index is 931. The van der Waals surface area contributed by atoms with Crippen LogP contribution >= 0.6 is 11.3 Å². The Kier molecular flexibility index (Phi) is 22.8. The van der Waals surface area contributed by atoms with Crippen molar-refractivity contribution in [3.05, 3.63) is 35.2 Å². The van der Waals surface area contributed by atoms with Crippen molar-refractivity contribution in [3.63, 3.8) is 0 Å². The van der Waals surface area contributed by atoms with Crippen molar-refractivity contribution in [2.45, 2.75) is 123 Å². The number of carbonyl (C=O) groups is 1. The van der Waals surface area contributed by atoms with Crippen LogP contribution in [0.5, 0.6) is 0 Å². The van der Waals surface area contributed by atoms with E-state index in [1.165, 1.54) is 68.1 Å². The Morgan fingerprint density at radius 3 is 2.17 bits per heavy atom. The summed E-state index contributed by atoms with van der Waals surface area (Å²) >= 11 is 1.80. The van der Waals surface area contributed by atoms with Gasteiger partial charge in [-0.3, -0.25) is 0 Å². The number of allylic oxidation sites excluding steroid dienone is 2. The quantitative estimate of drug-likeness (QED) is 0.0783. The first-order valence-corrected chi connectivity index (χ1v) is 16.2. The third-order valence-corrected chi connectivity index (χ3v) is 7.84. The summed E-state index contributed by atoms with van der Waals surface area (Å²) in [4.78, 5) is 15.2. The number of carboxylic acids is 1. The van der Waals surface area contributed by atoms with Crippen LogP contribution in [0.4, 0.5) is 5.82 Å². The second kappa shape index (κ2) is 24.6. The average molecular weight is 583 g/mol. The number of carbonyl (C=O) groups excluding carboxylic acids is 1. The first-order valence-electron chi connectivity index (χ1n) is 15.3. The van der Waals surface area contributed by atoms with E-state index in [1.54, 1.807) is 11.3 Å². The average Bonchev–Trinajstić information content (AvgIpc) is 3.39. The zero-order valence-corrected chi connectivity index (χ0v) is 28.2. The summed E-state index contributed by atoms with van der Waals surface area (Å²) < 4.78 is 12.6. The number of rotatable bonds is 25. The molecule has 0 spiro atoms. The molecule has 0 radical (unpaired) electrons. The minimum absolute atomic E-state index is 0. The molecular formula is C32H51N2NaO4S. The number of hydrogen-bond acceptors (Lipinski definition) is 7. The van der Waals surface area contributed by atoms with Gasteiger partial charge >= 0.3 is 29.6 Å². The number of unbranched alkanes of at least 4 members (excludes halogenated alkanes) is 11. The van der Waals surface area contributed by atoms with Gasteiger partial charge in [0, 0.05) is 32.1 Å². The third kappa shape index (κ3) is 17.1. The Morgan fingerprint density at radius 2 is 1.55 bits per heavy atom. The van der Waals surface area contributed by atoms with Gasteiger partial charge in [-0.25, -0.2) is 4.98 Å². The topological polar surface area (TPSA) is 83.5 Å². The molecule has 0 aromatic carbocycles. The number of carboxylic acid groups (broad SMARTS) is 1. The molecular weight excluding hydrogens is 531 g/mol. The number of aliphatic carboxylic acids is 1. The molecule has 0 saturated heterocycles. The smallest absolute Gasteiger partial charge is 0.550 e. The number of hydrogen-bond donors (Lipinski definition) is 1. The maximum atomic E-state index is 10.4. The largest absolute Gasteiger partial charge is 1.00 e. The Balaban J connectivity index is 0.00000800. The van der Waals surface area contributed by atoms with E-state index < -0.39 is 5.97 Å². The summed E-state index contributed by atoms with van der Waals surface area (Å²) in [6.07, 6.45) is 21.9. The number of aromatic nitrogens is 1. The number of ether oxygens (including phenoxy) is 2. The van der Waals surface area contributed by atoms with Crippen LogP contribution in [0.25, 0.3) is 10.2 Å². The maximum absolute atomic E-state index is 10.4. The van der Waals surface area contributed by atoms with E-state index in [2.05, 4.69) is 35.0 Å². The molecule has 2 heterocycles. The SMILES string of the molecule is CCOC(CCNc1cc(CCCCCCCC/C=C\CCCCCCCC(=O)[O-])c2sccc2n1)OCC.[Na+]. The minimum Gasteiger partial charge on any atom is -0.550 e. The van der Waals surface area contributed by atoms with Crippen molar-refractivity contribution in [3.8, 4) is 0 Å². The van der Waals surface area contributed by atoms with Crippen molar-refractivity contribution in [1.29, 1.82) is 0 Å². The fourth-order valence-electron chi connectivity index (χ4n) is 4.79. The van der Waals surface area contributed by atoms with Gasteiger partial charge in [0.25, 0.3) is 0 Å². The van der Waals surface area contributed by atoms with E-state index in [4.69, 9.17) is 14.5 Å². The Hall–Kier alpha value is -0.960. The maximum Gasteiger partial charge on any atom is 1.00 e. The molecule has 2 aromatic rings. The molecule has 1 N–H and O–H groups in total. The van der Waals surface area contributed by atoms with Gasteiger partial charge in [-0.05, 0) is 88.3 Å². The van der Waals surface area contributed by atoms with Gasteiger partial charge in [0.1, 0.15) is 5.82 Å². The molecule has 0 unspecified atom stereocenters. The van der Waals surface area contributed by atoms with E-state index in [0.717, 1.165) is 56.4 Å². The van der Waals surface area contributed by atoms with Crippen LogP contribution in [0.1, 0.15) is 116 Å². The van der Waals surface area contributed by atoms with Crippen molar-refractivity contribution < 1.29 is 48.9 Å². The molecule has 2 rings (SSSR count). The summed E-state index contributed by atoms with van der Waals surface area (Å²) in [7, 11) is 0. The van der Waals surface area contributed by atoms with Crippen LogP contribution in [0.15, 0.2) is 29.7 Å². The van der Waals surface area contributed by atoms with E-state index in [9.17, 15) is 9.90 Å². The van der Waals surface area contributed by atoms with Crippen LogP contribution < -0.4 is 40.0 Å². The molecule has 220 valence electrons. The van der Waals surface area contributed by atoms with E-state index in [0.29, 0.717) is 13.2 Å². The van der Waals surface area contributed by atoms with Crippen molar-refractivity contribution >= 4 is 33.3 Å². The Morgan fingerprint density at radius 1 is 0.950 bits per heavy atom. The van der Waals surface area contributed by atoms with Crippen LogP contribution in [-0.4, -0.2) is 37.0 Å². The van der Waals surface area contributed by atoms with Gasteiger partial charge in [-0.2, -0.15) is 0 Å². The van der Waals surface area contributed by atoms with Crippen LogP contribution in [0.2, 0.25) is 0 Å². The number of anilines is 1. The fourth-order valence-corrected chi connectivity index (χ4v) is 5.67. The molecule has 0 aliphatic carbocycles. The molecule has 0 amide bonds. The van der Waals surface area contributed by atoms with Gasteiger partial charge in [-0.1, -0.05) is 57.1 Å². The summed E-state index contributed by atoms with van der Waals surface area (Å²) in [5.74, 6) is 0.0239. The molecule has 0 bridgehead atoms. The number of nitrogens with one attached hydrogen (secondary N) is 1. The van der Waals surface area contributed by atoms with Crippen LogP contribution in [-0.2, 0) is 20.7 Å². The van der Waals surface area contributed by atoms with E-state index in [1.807, 2.05) is 13.8 Å². The van der Waals surface area contributed by atoms with Crippen molar-refractivity contribution in [1.82, 2.24) is 4.98 Å². The predicted molar refractivity (Wildman–Crippen MR) is 162 cm³/mol. The monoisotopic (exact) mass is 582 g/mol. The van der Waals surface area contributed by atoms with Crippen LogP contribution in [0.3, 0.4) is 0 Å². The molecule has 0 saturated carbocycles. The third-order valence-electron chi connectivity index (χ3n) is 6.86. The number of thiophene rings is 1. The molecule has 0 aliphatic rings. The minimum atomic E-state index is -0.924. The molecule has 40 heavy (non-hydrogen) atoms. The standard InChI is InChI=1S/C32H52N2O4S.Na/c1-3-37-31(38-4-2)22-24-33-29-26-27(32-28(34-29)23-25-39-32)20-18-16-14-12-10-8-6-5-7-9-11-13-15-17-19-21-30(35)36;/h5,7,23,25-26,31H,3-4,6,8-22,24H2,1-2H3,(H,33,34)(H,35,36);/q;+1/p-1/b7-5-;. The molecule has 2 aromatic heterocycles. The number of aryl methyl sites for hydroxylation is 1. The fraction of sp³-hybridized carbons (Fsp3) is 0.688. The summed E-state index contributed by atoms with van der Waals surface area (Å²) in [5.41, 5.74) is 2.50. The molecule has 0 atom stereocenters. The Labute approximate surface area is 269 Å². The second-order valence-corrected chi connectivity index (χ2v) is 11.1. The van der Waals surface area contributed by atoms with Gasteiger partial charge < -0.3 is 24.7 Å². The first-order chi connectivity index (χ1) is 19.1. The molecule has 0 aliphatic heterocycles. The number of nitrogens with zero attached hydrogens (tertiary/aromatic N) is 1. The van der Waals surface area contributed by atoms with Gasteiger partial charge in [0.05, 0.1) is 10.2 Å². The van der Waals surface area contributed by atoms with Gasteiger partial charge in [0.2, 0.25) is 0 Å². The first kappa shape index (κ1) is 37.1.